The van der Waals surface area contributed by atoms with Crippen LogP contribution in [-0.4, -0.2) is 39.6 Å². The molecular weight excluding hydrogens is 1310 g/mol. The second-order valence-corrected chi connectivity index (χ2v) is 31.7. The first-order valence-electron chi connectivity index (χ1n) is 46.1. The van der Waals surface area contributed by atoms with Gasteiger partial charge in [0.05, 0.1) is 39.6 Å². The monoisotopic (exact) mass is 1470 g/mol. The van der Waals surface area contributed by atoms with E-state index >= 15 is 0 Å². The highest BCUT2D eigenvalue weighted by Crippen LogP contribution is 2.42. The van der Waals surface area contributed by atoms with Gasteiger partial charge in [-0.3, -0.25) is 0 Å². The van der Waals surface area contributed by atoms with Crippen molar-refractivity contribution in [2.45, 2.75) is 440 Å². The van der Waals surface area contributed by atoms with Crippen molar-refractivity contribution in [2.75, 3.05) is 39.6 Å². The molecule has 0 spiro atoms. The van der Waals surface area contributed by atoms with E-state index in [0.717, 1.165) is 107 Å². The van der Waals surface area contributed by atoms with E-state index in [1.807, 2.05) is 0 Å². The van der Waals surface area contributed by atoms with Gasteiger partial charge in [0, 0.05) is 0 Å². The topological polar surface area (TPSA) is 73.8 Å². The molecule has 0 aliphatic carbocycles. The molecule has 0 saturated carbocycles. The van der Waals surface area contributed by atoms with Crippen LogP contribution in [0.3, 0.4) is 0 Å². The zero-order valence-corrected chi connectivity index (χ0v) is 70.3. The Kier molecular flexibility index (Phi) is 61.4. The van der Waals surface area contributed by atoms with E-state index in [-0.39, 0.29) is 0 Å². The molecule has 106 heavy (non-hydrogen) atoms. The lowest BCUT2D eigenvalue weighted by Crippen LogP contribution is -2.08. The van der Waals surface area contributed by atoms with Crippen molar-refractivity contribution in [2.24, 2.45) is 0 Å². The van der Waals surface area contributed by atoms with Crippen molar-refractivity contribution >= 4 is 0 Å². The van der Waals surface area contributed by atoms with E-state index in [1.54, 1.807) is 0 Å². The summed E-state index contributed by atoms with van der Waals surface area (Å²) < 4.78 is 54.3. The standard InChI is InChI=1S/C98H166O8/c1-7-13-19-25-31-37-43-49-55-61-73-99-93-79-87(80-94(100-74-62-56-50-44-38-32-26-20-14-8-2)97(93)103-77-65-59-53-47-41-35-29-23-17-11-5)85-105-91-71-67-69-89(83-91)90-70-68-72-92(84-90)106-86-88-81-95(101-75-63-57-51-45-39-33-27-21-15-9-3)98(104-78-66-60-54-48-42-36-30-24-18-12-6)96(82-88)102-76-64-58-52-46-40-34-28-22-16-10-4/h67-72,79-84H,7-66,73-78,85-86H2,1-6H3. The quantitative estimate of drug-likeness (QED) is 0.0405. The Hall–Kier alpha value is -4.72. The molecule has 8 nitrogen and oxygen atoms in total. The van der Waals surface area contributed by atoms with Crippen LogP contribution in [0, 0.1) is 0 Å². The van der Waals surface area contributed by atoms with Gasteiger partial charge in [-0.2, -0.15) is 0 Å². The summed E-state index contributed by atoms with van der Waals surface area (Å²) in [6.07, 6.45) is 77.3. The van der Waals surface area contributed by atoms with Crippen molar-refractivity contribution < 1.29 is 37.9 Å². The van der Waals surface area contributed by atoms with Crippen molar-refractivity contribution in [3.05, 3.63) is 83.9 Å². The molecule has 0 fully saturated rings. The third kappa shape index (κ3) is 49.4. The zero-order chi connectivity index (χ0) is 75.2. The maximum Gasteiger partial charge on any atom is 0.203 e. The average Bonchev–Trinajstić information content (AvgIpc) is 0.849. The van der Waals surface area contributed by atoms with Crippen LogP contribution in [0.15, 0.2) is 72.8 Å². The van der Waals surface area contributed by atoms with Gasteiger partial charge in [-0.25, -0.2) is 0 Å². The predicted molar refractivity (Wildman–Crippen MR) is 457 cm³/mol. The van der Waals surface area contributed by atoms with Gasteiger partial charge in [0.15, 0.2) is 23.0 Å². The fourth-order valence-corrected chi connectivity index (χ4v) is 14.6. The molecular formula is C98H166O8. The van der Waals surface area contributed by atoms with Crippen LogP contribution < -0.4 is 37.9 Å². The molecule has 0 unspecified atom stereocenters. The minimum Gasteiger partial charge on any atom is -0.490 e. The summed E-state index contributed by atoms with van der Waals surface area (Å²) in [5.41, 5.74) is 4.15. The van der Waals surface area contributed by atoms with E-state index in [9.17, 15) is 0 Å². The van der Waals surface area contributed by atoms with E-state index in [2.05, 4.69) is 114 Å². The number of ether oxygens (including phenoxy) is 8. The summed E-state index contributed by atoms with van der Waals surface area (Å²) in [6.45, 7) is 18.5. The second kappa shape index (κ2) is 69.5. The lowest BCUT2D eigenvalue weighted by Gasteiger charge is -2.19. The van der Waals surface area contributed by atoms with E-state index in [1.165, 1.54) is 347 Å². The van der Waals surface area contributed by atoms with E-state index < -0.39 is 0 Å². The summed E-state index contributed by atoms with van der Waals surface area (Å²) >= 11 is 0. The maximum atomic E-state index is 6.79. The van der Waals surface area contributed by atoms with Crippen LogP contribution in [0.4, 0.5) is 0 Å². The highest BCUT2D eigenvalue weighted by atomic mass is 16.6. The fourth-order valence-electron chi connectivity index (χ4n) is 14.6. The zero-order valence-electron chi connectivity index (χ0n) is 70.3. The summed E-state index contributed by atoms with van der Waals surface area (Å²) in [7, 11) is 0. The molecule has 4 aromatic rings. The fraction of sp³-hybridized carbons (Fsp3) is 0.755. The summed E-state index contributed by atoms with van der Waals surface area (Å²) in [6, 6.07) is 25.6. The maximum absolute atomic E-state index is 6.79. The first-order chi connectivity index (χ1) is 52.5. The number of hydrogen-bond donors (Lipinski definition) is 0. The molecule has 0 N–H and O–H groups in total. The lowest BCUT2D eigenvalue weighted by molar-refractivity contribution is 0.232. The number of rotatable bonds is 79. The number of unbranched alkanes of at least 4 members (excludes halogenated alkanes) is 54. The predicted octanol–water partition coefficient (Wildman–Crippen LogP) is 32.3. The average molecular weight is 1470 g/mol. The minimum atomic E-state index is 0.369. The van der Waals surface area contributed by atoms with Crippen molar-refractivity contribution in [3.63, 3.8) is 0 Å². The van der Waals surface area contributed by atoms with Crippen molar-refractivity contribution in [1.82, 2.24) is 0 Å². The van der Waals surface area contributed by atoms with Gasteiger partial charge in [-0.1, -0.05) is 413 Å². The number of benzene rings is 4. The van der Waals surface area contributed by atoms with Crippen LogP contribution >= 0.6 is 0 Å². The SMILES string of the molecule is CCCCCCCCCCCCOc1cc(COc2cccc(-c3cccc(OCc4cc(OCCCCCCCCCCCC)c(OCCCCCCCCCCCC)c(OCCCCCCCCCCCC)c4)c3)c2)cc(OCCCCCCCCCCCC)c1OCCCCCCCCCCCC. The minimum absolute atomic E-state index is 0.369. The highest BCUT2D eigenvalue weighted by molar-refractivity contribution is 5.66. The molecule has 0 aromatic heterocycles. The third-order valence-corrected chi connectivity index (χ3v) is 21.5. The molecule has 0 bridgehead atoms. The van der Waals surface area contributed by atoms with Crippen LogP contribution in [-0.2, 0) is 13.2 Å². The second-order valence-electron chi connectivity index (χ2n) is 31.7. The summed E-state index contributed by atoms with van der Waals surface area (Å²) in [4.78, 5) is 0. The smallest absolute Gasteiger partial charge is 0.203 e. The van der Waals surface area contributed by atoms with Gasteiger partial charge < -0.3 is 37.9 Å². The third-order valence-electron chi connectivity index (χ3n) is 21.5. The first-order valence-corrected chi connectivity index (χ1v) is 46.1. The molecule has 4 aromatic carbocycles. The molecule has 0 radical (unpaired) electrons. The molecule has 0 aliphatic heterocycles. The van der Waals surface area contributed by atoms with Crippen molar-refractivity contribution in [1.29, 1.82) is 0 Å². The molecule has 8 heteroatoms. The summed E-state index contributed by atoms with van der Waals surface area (Å²) in [5.74, 6) is 6.22. The van der Waals surface area contributed by atoms with Crippen LogP contribution in [0.5, 0.6) is 46.0 Å². The lowest BCUT2D eigenvalue weighted by atomic mass is 10.1. The van der Waals surface area contributed by atoms with Crippen LogP contribution in [0.25, 0.3) is 11.1 Å². The van der Waals surface area contributed by atoms with Crippen LogP contribution in [0.2, 0.25) is 0 Å². The Morgan fingerprint density at radius 1 is 0.179 bits per heavy atom. The molecule has 0 heterocycles. The molecule has 0 amide bonds. The Morgan fingerprint density at radius 2 is 0.358 bits per heavy atom. The largest absolute Gasteiger partial charge is 0.490 e. The molecule has 606 valence electrons. The van der Waals surface area contributed by atoms with Crippen molar-refractivity contribution in [3.8, 4) is 57.1 Å². The van der Waals surface area contributed by atoms with E-state index in [4.69, 9.17) is 37.9 Å². The first kappa shape index (κ1) is 93.7. The normalized spacial score (nSPS) is 11.4. The van der Waals surface area contributed by atoms with Gasteiger partial charge in [0.1, 0.15) is 24.7 Å². The Balaban J connectivity index is 1.53. The van der Waals surface area contributed by atoms with Gasteiger partial charge in [-0.05, 0) is 109 Å². The molecule has 0 aliphatic rings. The van der Waals surface area contributed by atoms with Gasteiger partial charge in [0.2, 0.25) is 11.5 Å². The molecule has 0 saturated heterocycles. The van der Waals surface area contributed by atoms with Crippen LogP contribution in [0.1, 0.15) is 438 Å². The van der Waals surface area contributed by atoms with Gasteiger partial charge >= 0.3 is 0 Å². The van der Waals surface area contributed by atoms with E-state index in [0.29, 0.717) is 52.9 Å². The molecule has 4 rings (SSSR count). The Bertz CT molecular complexity index is 2310. The Labute approximate surface area is 655 Å². The highest BCUT2D eigenvalue weighted by Gasteiger charge is 2.20. The number of hydrogen-bond acceptors (Lipinski definition) is 8. The Morgan fingerprint density at radius 3 is 0.557 bits per heavy atom. The van der Waals surface area contributed by atoms with Gasteiger partial charge in [-0.15, -0.1) is 0 Å². The van der Waals surface area contributed by atoms with Gasteiger partial charge in [0.25, 0.3) is 0 Å². The summed E-state index contributed by atoms with van der Waals surface area (Å²) in [5, 5.41) is 0. The molecule has 0 atom stereocenters.